The van der Waals surface area contributed by atoms with E-state index < -0.39 is 0 Å². The maximum absolute atomic E-state index is 12.9. The van der Waals surface area contributed by atoms with Crippen molar-refractivity contribution in [2.45, 2.75) is 0 Å². The predicted molar refractivity (Wildman–Crippen MR) is 125 cm³/mol. The first-order chi connectivity index (χ1) is 15.1. The summed E-state index contributed by atoms with van der Waals surface area (Å²) in [5.41, 5.74) is 6.15. The van der Waals surface area contributed by atoms with Gasteiger partial charge in [-0.05, 0) is 36.4 Å². The Morgan fingerprint density at radius 1 is 0.710 bits per heavy atom. The molecule has 0 aliphatic carbocycles. The summed E-state index contributed by atoms with van der Waals surface area (Å²) in [6.45, 7) is 0. The van der Waals surface area contributed by atoms with Gasteiger partial charge in [0.15, 0.2) is 5.36 Å². The summed E-state index contributed by atoms with van der Waals surface area (Å²) in [6.07, 6.45) is 0. The molecule has 0 fully saturated rings. The Balaban J connectivity index is 1.70. The number of rotatable bonds is 7. The van der Waals surface area contributed by atoms with E-state index in [1.807, 2.05) is 98.0 Å². The van der Waals surface area contributed by atoms with Crippen molar-refractivity contribution in [3.8, 4) is 0 Å². The van der Waals surface area contributed by atoms with Crippen LogP contribution in [0.3, 0.4) is 0 Å². The van der Waals surface area contributed by atoms with E-state index in [-0.39, 0.29) is 10.8 Å². The van der Waals surface area contributed by atoms with Crippen LogP contribution in [0.5, 0.6) is 0 Å². The maximum atomic E-state index is 12.9. The molecule has 0 radical (unpaired) electrons. The SMILES string of the molecule is CN(/N=c1\c(N=Nc2ccccc2)c(NN(C)c2ccccc2)c1=O)c1ccccc1. The highest BCUT2D eigenvalue weighted by Crippen LogP contribution is 2.24. The van der Waals surface area contributed by atoms with Gasteiger partial charge >= 0.3 is 0 Å². The fourth-order valence-electron chi connectivity index (χ4n) is 3.02. The molecule has 0 saturated carbocycles. The van der Waals surface area contributed by atoms with E-state index in [1.165, 1.54) is 0 Å². The fraction of sp³-hybridized carbons (Fsp3) is 0.0833. The van der Waals surface area contributed by atoms with Gasteiger partial charge in [0.25, 0.3) is 0 Å². The minimum absolute atomic E-state index is 0.215. The Morgan fingerprint density at radius 2 is 1.26 bits per heavy atom. The van der Waals surface area contributed by atoms with Crippen molar-refractivity contribution in [1.29, 1.82) is 0 Å². The molecule has 0 saturated heterocycles. The number of anilines is 3. The van der Waals surface area contributed by atoms with Crippen LogP contribution in [-0.2, 0) is 0 Å². The normalized spacial score (nSPS) is 11.7. The van der Waals surface area contributed by atoms with Crippen LogP contribution in [0.4, 0.5) is 28.4 Å². The van der Waals surface area contributed by atoms with E-state index >= 15 is 0 Å². The van der Waals surface area contributed by atoms with Crippen LogP contribution in [0.2, 0.25) is 0 Å². The van der Waals surface area contributed by atoms with E-state index in [0.717, 1.165) is 11.4 Å². The Labute approximate surface area is 180 Å². The monoisotopic (exact) mass is 410 g/mol. The van der Waals surface area contributed by atoms with E-state index in [4.69, 9.17) is 0 Å². The molecule has 31 heavy (non-hydrogen) atoms. The molecule has 0 aromatic heterocycles. The number of nitrogens with one attached hydrogen (secondary N) is 1. The van der Waals surface area contributed by atoms with Gasteiger partial charge in [-0.15, -0.1) is 5.11 Å². The number of hydrogen-bond donors (Lipinski definition) is 1. The fourth-order valence-corrected chi connectivity index (χ4v) is 3.02. The summed E-state index contributed by atoms with van der Waals surface area (Å²) in [6, 6.07) is 28.7. The van der Waals surface area contributed by atoms with Crippen molar-refractivity contribution < 1.29 is 0 Å². The van der Waals surface area contributed by atoms with Gasteiger partial charge in [-0.25, -0.2) is 0 Å². The van der Waals surface area contributed by atoms with E-state index in [1.54, 1.807) is 17.1 Å². The van der Waals surface area contributed by atoms with E-state index in [9.17, 15) is 4.79 Å². The minimum atomic E-state index is -0.215. The van der Waals surface area contributed by atoms with Crippen molar-refractivity contribution in [2.24, 2.45) is 15.3 Å². The molecular weight excluding hydrogens is 388 g/mol. The highest BCUT2D eigenvalue weighted by atomic mass is 16.1. The van der Waals surface area contributed by atoms with Crippen molar-refractivity contribution in [3.63, 3.8) is 0 Å². The maximum Gasteiger partial charge on any atom is 0.235 e. The lowest BCUT2D eigenvalue weighted by Gasteiger charge is -2.23. The van der Waals surface area contributed by atoms with Gasteiger partial charge in [0, 0.05) is 14.1 Å². The summed E-state index contributed by atoms with van der Waals surface area (Å²) < 4.78 is 0. The molecule has 0 heterocycles. The lowest BCUT2D eigenvalue weighted by atomic mass is 10.2. The molecule has 1 N–H and O–H groups in total. The van der Waals surface area contributed by atoms with Gasteiger partial charge in [-0.2, -0.15) is 10.2 Å². The van der Waals surface area contributed by atoms with Crippen LogP contribution in [0, 0.1) is 0 Å². The summed E-state index contributed by atoms with van der Waals surface area (Å²) in [7, 11) is 3.63. The number of para-hydroxylation sites is 2. The molecule has 0 atom stereocenters. The predicted octanol–water partition coefficient (Wildman–Crippen LogP) is 4.75. The Morgan fingerprint density at radius 3 is 1.87 bits per heavy atom. The first kappa shape index (κ1) is 20.0. The second-order valence-corrected chi connectivity index (χ2v) is 6.90. The number of benzene rings is 3. The Kier molecular flexibility index (Phi) is 5.84. The minimum Gasteiger partial charge on any atom is -0.293 e. The molecular formula is C24H22N6O. The molecule has 0 aliphatic rings. The molecule has 0 spiro atoms. The molecule has 154 valence electrons. The topological polar surface area (TPSA) is 72.7 Å². The zero-order valence-electron chi connectivity index (χ0n) is 17.3. The van der Waals surface area contributed by atoms with Crippen LogP contribution in [0.1, 0.15) is 0 Å². The first-order valence-electron chi connectivity index (χ1n) is 9.82. The second kappa shape index (κ2) is 9.04. The molecule has 0 bridgehead atoms. The molecule has 4 aromatic carbocycles. The van der Waals surface area contributed by atoms with Gasteiger partial charge in [-0.1, -0.05) is 54.6 Å². The third kappa shape index (κ3) is 4.51. The Hall–Kier alpha value is -4.26. The van der Waals surface area contributed by atoms with Gasteiger partial charge < -0.3 is 0 Å². The summed E-state index contributed by atoms with van der Waals surface area (Å²) in [5.74, 6) is 0. The molecule has 0 unspecified atom stereocenters. The third-order valence-electron chi connectivity index (χ3n) is 4.73. The van der Waals surface area contributed by atoms with Crippen LogP contribution in [-0.4, -0.2) is 14.1 Å². The van der Waals surface area contributed by atoms with Gasteiger partial charge in [0.1, 0.15) is 11.4 Å². The first-order valence-corrected chi connectivity index (χ1v) is 9.82. The molecule has 7 nitrogen and oxygen atoms in total. The number of nitrogens with zero attached hydrogens (tertiary/aromatic N) is 5. The van der Waals surface area contributed by atoms with Crippen LogP contribution < -0.4 is 26.2 Å². The standard InChI is InChI=1S/C24H22N6O/c1-29(19-14-8-4-9-15-19)27-22-21(26-25-18-12-6-3-7-13-18)23(24(22)31)28-30(2)20-16-10-5-11-17-20/h3-17,27H,1-2H3/b26-25?,28-23+. The molecule has 0 amide bonds. The third-order valence-corrected chi connectivity index (χ3v) is 4.73. The van der Waals surface area contributed by atoms with E-state index in [2.05, 4.69) is 20.8 Å². The zero-order chi connectivity index (χ0) is 21.6. The van der Waals surface area contributed by atoms with Crippen molar-refractivity contribution in [3.05, 3.63) is 107 Å². The van der Waals surface area contributed by atoms with E-state index in [0.29, 0.717) is 17.1 Å². The largest absolute Gasteiger partial charge is 0.293 e. The number of hydrazine groups is 1. The average molecular weight is 410 g/mol. The smallest absolute Gasteiger partial charge is 0.235 e. The zero-order valence-corrected chi connectivity index (χ0v) is 17.3. The average Bonchev–Trinajstić information content (AvgIpc) is 2.83. The van der Waals surface area contributed by atoms with Crippen molar-refractivity contribution >= 4 is 28.4 Å². The second-order valence-electron chi connectivity index (χ2n) is 6.90. The van der Waals surface area contributed by atoms with Gasteiger partial charge in [0.2, 0.25) is 5.43 Å². The van der Waals surface area contributed by atoms with Crippen molar-refractivity contribution in [2.75, 3.05) is 29.5 Å². The van der Waals surface area contributed by atoms with Crippen LogP contribution in [0.15, 0.2) is 111 Å². The quantitative estimate of drug-likeness (QED) is 0.352. The number of hydrogen-bond acceptors (Lipinski definition) is 7. The van der Waals surface area contributed by atoms with Gasteiger partial charge in [0.05, 0.1) is 17.1 Å². The van der Waals surface area contributed by atoms with Gasteiger partial charge in [-0.3, -0.25) is 20.2 Å². The highest BCUT2D eigenvalue weighted by Gasteiger charge is 2.21. The highest BCUT2D eigenvalue weighted by molar-refractivity contribution is 5.72. The molecule has 0 aliphatic heterocycles. The molecule has 4 rings (SSSR count). The summed E-state index contributed by atoms with van der Waals surface area (Å²) in [5, 5.41) is 16.8. The molecule has 7 heteroatoms. The molecule has 4 aromatic rings. The Bertz CT molecular complexity index is 1250. The van der Waals surface area contributed by atoms with Crippen LogP contribution in [0.25, 0.3) is 0 Å². The van der Waals surface area contributed by atoms with Crippen LogP contribution >= 0.6 is 0 Å². The summed E-state index contributed by atoms with van der Waals surface area (Å²) >= 11 is 0. The lowest BCUT2D eigenvalue weighted by molar-refractivity contribution is 0.943. The lowest BCUT2D eigenvalue weighted by Crippen LogP contribution is -2.40. The number of azo groups is 1. The van der Waals surface area contributed by atoms with Crippen molar-refractivity contribution in [1.82, 2.24) is 0 Å². The summed E-state index contributed by atoms with van der Waals surface area (Å²) in [4.78, 5) is 12.9.